The summed E-state index contributed by atoms with van der Waals surface area (Å²) in [4.78, 5) is 10.3. The molecule has 0 radical (unpaired) electrons. The van der Waals surface area contributed by atoms with Crippen LogP contribution in [0.15, 0.2) is 24.3 Å². The molecule has 0 aliphatic carbocycles. The largest absolute Gasteiger partial charge is 0.378 e. The minimum Gasteiger partial charge on any atom is -0.378 e. The van der Waals surface area contributed by atoms with E-state index in [9.17, 15) is 10.1 Å². The lowest BCUT2D eigenvalue weighted by Gasteiger charge is -2.03. The van der Waals surface area contributed by atoms with Crippen molar-refractivity contribution in [2.45, 2.75) is 13.8 Å². The summed E-state index contributed by atoms with van der Waals surface area (Å²) in [5.74, 6) is 0.0538. The van der Waals surface area contributed by atoms with Gasteiger partial charge >= 0.3 is 5.69 Å². The van der Waals surface area contributed by atoms with E-state index in [2.05, 4.69) is 5.10 Å². The lowest BCUT2D eigenvalue weighted by atomic mass is 10.2. The topological polar surface area (TPSA) is 87.0 Å². The summed E-state index contributed by atoms with van der Waals surface area (Å²) in [6.45, 7) is 3.51. The fraction of sp³-hybridized carbons (Fsp3) is 0.182. The molecule has 0 aliphatic heterocycles. The van der Waals surface area contributed by atoms with Crippen LogP contribution in [0.3, 0.4) is 0 Å². The maximum absolute atomic E-state index is 10.8. The third-order valence-corrected chi connectivity index (χ3v) is 2.49. The molecule has 0 fully saturated rings. The highest BCUT2D eigenvalue weighted by Gasteiger charge is 2.23. The number of benzene rings is 1. The number of aromatic nitrogens is 2. The van der Waals surface area contributed by atoms with Crippen LogP contribution in [-0.2, 0) is 0 Å². The predicted molar refractivity (Wildman–Crippen MR) is 64.1 cm³/mol. The Balaban J connectivity index is 2.62. The van der Waals surface area contributed by atoms with Gasteiger partial charge in [0.2, 0.25) is 5.82 Å². The highest BCUT2D eigenvalue weighted by Crippen LogP contribution is 2.27. The molecule has 0 saturated heterocycles. The number of rotatable bonds is 2. The average molecular weight is 232 g/mol. The Bertz CT molecular complexity index is 589. The van der Waals surface area contributed by atoms with Gasteiger partial charge < -0.3 is 5.73 Å². The normalized spacial score (nSPS) is 10.5. The summed E-state index contributed by atoms with van der Waals surface area (Å²) >= 11 is 0. The Kier molecular flexibility index (Phi) is 2.55. The molecule has 1 aromatic carbocycles. The van der Waals surface area contributed by atoms with Crippen molar-refractivity contribution in [1.29, 1.82) is 0 Å². The summed E-state index contributed by atoms with van der Waals surface area (Å²) in [6.07, 6.45) is 0. The van der Waals surface area contributed by atoms with Gasteiger partial charge in [-0.3, -0.25) is 10.1 Å². The van der Waals surface area contributed by atoms with Gasteiger partial charge in [-0.1, -0.05) is 12.1 Å². The molecule has 0 amide bonds. The number of aryl methyl sites for hydroxylation is 2. The first-order valence-corrected chi connectivity index (χ1v) is 5.07. The molecule has 2 N–H and O–H groups in total. The number of hydrogen-bond donors (Lipinski definition) is 1. The Morgan fingerprint density at radius 1 is 1.41 bits per heavy atom. The summed E-state index contributed by atoms with van der Waals surface area (Å²) < 4.78 is 1.39. The van der Waals surface area contributed by atoms with Gasteiger partial charge in [-0.2, -0.15) is 5.10 Å². The fourth-order valence-electron chi connectivity index (χ4n) is 1.72. The van der Waals surface area contributed by atoms with Gasteiger partial charge in [0.1, 0.15) is 5.69 Å². The molecule has 2 rings (SSSR count). The molecule has 1 aromatic heterocycles. The van der Waals surface area contributed by atoms with Crippen LogP contribution < -0.4 is 5.73 Å². The third-order valence-electron chi connectivity index (χ3n) is 2.49. The highest BCUT2D eigenvalue weighted by molar-refractivity contribution is 5.59. The van der Waals surface area contributed by atoms with Crippen molar-refractivity contribution in [3.63, 3.8) is 0 Å². The first-order chi connectivity index (χ1) is 8.00. The number of anilines is 1. The van der Waals surface area contributed by atoms with Gasteiger partial charge in [0.25, 0.3) is 0 Å². The zero-order valence-corrected chi connectivity index (χ0v) is 9.54. The summed E-state index contributed by atoms with van der Waals surface area (Å²) in [5, 5.41) is 14.9. The first kappa shape index (κ1) is 11.1. The van der Waals surface area contributed by atoms with E-state index in [0.717, 1.165) is 11.3 Å². The molecule has 6 heteroatoms. The van der Waals surface area contributed by atoms with Crippen molar-refractivity contribution in [1.82, 2.24) is 9.78 Å². The Labute approximate surface area is 97.8 Å². The van der Waals surface area contributed by atoms with E-state index in [-0.39, 0.29) is 11.5 Å². The highest BCUT2D eigenvalue weighted by atomic mass is 16.6. The van der Waals surface area contributed by atoms with E-state index in [1.165, 1.54) is 4.68 Å². The number of nitrogens with two attached hydrogens (primary N) is 1. The quantitative estimate of drug-likeness (QED) is 0.633. The van der Waals surface area contributed by atoms with Gasteiger partial charge in [0.05, 0.1) is 10.6 Å². The van der Waals surface area contributed by atoms with Gasteiger partial charge in [-0.25, -0.2) is 4.68 Å². The SMILES string of the molecule is Cc1cccc(-n2nc(C)c([N+](=O)[O-])c2N)c1. The average Bonchev–Trinajstić information content (AvgIpc) is 2.54. The van der Waals surface area contributed by atoms with E-state index in [1.807, 2.05) is 25.1 Å². The van der Waals surface area contributed by atoms with Crippen molar-refractivity contribution in [3.8, 4) is 5.69 Å². The molecule has 6 nitrogen and oxygen atoms in total. The van der Waals surface area contributed by atoms with Crippen molar-refractivity contribution in [3.05, 3.63) is 45.6 Å². The second kappa shape index (κ2) is 3.89. The maximum atomic E-state index is 10.8. The van der Waals surface area contributed by atoms with E-state index in [4.69, 9.17) is 5.73 Å². The van der Waals surface area contributed by atoms with Crippen molar-refractivity contribution >= 4 is 11.5 Å². The third kappa shape index (κ3) is 1.84. The molecule has 1 heterocycles. The zero-order chi connectivity index (χ0) is 12.6. The summed E-state index contributed by atoms with van der Waals surface area (Å²) in [7, 11) is 0. The molecule has 0 aliphatic rings. The van der Waals surface area contributed by atoms with Crippen LogP contribution in [0.2, 0.25) is 0 Å². The number of hydrogen-bond acceptors (Lipinski definition) is 4. The number of nitrogen functional groups attached to an aromatic ring is 1. The monoisotopic (exact) mass is 232 g/mol. The van der Waals surface area contributed by atoms with Crippen molar-refractivity contribution < 1.29 is 4.92 Å². The van der Waals surface area contributed by atoms with E-state index < -0.39 is 4.92 Å². The van der Waals surface area contributed by atoms with Crippen LogP contribution in [0.5, 0.6) is 0 Å². The van der Waals surface area contributed by atoms with Crippen LogP contribution in [0.1, 0.15) is 11.3 Å². The molecule has 88 valence electrons. The smallest absolute Gasteiger partial charge is 0.333 e. The van der Waals surface area contributed by atoms with Gasteiger partial charge in [0.15, 0.2) is 0 Å². The van der Waals surface area contributed by atoms with Crippen LogP contribution >= 0.6 is 0 Å². The van der Waals surface area contributed by atoms with E-state index >= 15 is 0 Å². The zero-order valence-electron chi connectivity index (χ0n) is 9.54. The van der Waals surface area contributed by atoms with Crippen LogP contribution in [0.25, 0.3) is 5.69 Å². The fourth-order valence-corrected chi connectivity index (χ4v) is 1.72. The van der Waals surface area contributed by atoms with Crippen LogP contribution in [0, 0.1) is 24.0 Å². The van der Waals surface area contributed by atoms with Crippen LogP contribution in [-0.4, -0.2) is 14.7 Å². The van der Waals surface area contributed by atoms with E-state index in [0.29, 0.717) is 5.69 Å². The Hall–Kier alpha value is -2.37. The molecule has 0 unspecified atom stereocenters. The van der Waals surface area contributed by atoms with Gasteiger partial charge in [-0.05, 0) is 31.5 Å². The van der Waals surface area contributed by atoms with Crippen LogP contribution in [0.4, 0.5) is 11.5 Å². The van der Waals surface area contributed by atoms with Crippen molar-refractivity contribution in [2.24, 2.45) is 0 Å². The molecule has 17 heavy (non-hydrogen) atoms. The lowest BCUT2D eigenvalue weighted by molar-refractivity contribution is -0.384. The molecule has 0 bridgehead atoms. The second-order valence-electron chi connectivity index (χ2n) is 3.83. The molecule has 0 spiro atoms. The summed E-state index contributed by atoms with van der Waals surface area (Å²) in [6, 6.07) is 7.46. The first-order valence-electron chi connectivity index (χ1n) is 5.07. The molecule has 0 saturated carbocycles. The maximum Gasteiger partial charge on any atom is 0.333 e. The Morgan fingerprint density at radius 2 is 2.12 bits per heavy atom. The van der Waals surface area contributed by atoms with Crippen molar-refractivity contribution in [2.75, 3.05) is 5.73 Å². The summed E-state index contributed by atoms with van der Waals surface area (Å²) in [5.41, 5.74) is 7.69. The molecular weight excluding hydrogens is 220 g/mol. The standard InChI is InChI=1S/C11H12N4O2/c1-7-4-3-5-9(6-7)14-11(12)10(15(16)17)8(2)13-14/h3-6H,12H2,1-2H3. The van der Waals surface area contributed by atoms with Gasteiger partial charge in [-0.15, -0.1) is 0 Å². The molecule has 2 aromatic rings. The predicted octanol–water partition coefficient (Wildman–Crippen LogP) is 1.98. The Morgan fingerprint density at radius 3 is 2.65 bits per heavy atom. The molecular formula is C11H12N4O2. The number of nitro groups is 1. The molecule has 0 atom stereocenters. The lowest BCUT2D eigenvalue weighted by Crippen LogP contribution is -2.03. The number of nitrogens with zero attached hydrogens (tertiary/aromatic N) is 3. The second-order valence-corrected chi connectivity index (χ2v) is 3.83. The van der Waals surface area contributed by atoms with E-state index in [1.54, 1.807) is 13.0 Å². The minimum atomic E-state index is -0.510. The van der Waals surface area contributed by atoms with Gasteiger partial charge in [0, 0.05) is 0 Å². The minimum absolute atomic E-state index is 0.0538.